The molecule has 2 aliphatic carbocycles. The molecule has 3 aromatic rings. The van der Waals surface area contributed by atoms with E-state index in [-0.39, 0.29) is 17.1 Å². The van der Waals surface area contributed by atoms with Crippen LogP contribution in [0.4, 0.5) is 13.2 Å². The quantitative estimate of drug-likeness (QED) is 0.268. The van der Waals surface area contributed by atoms with Crippen LogP contribution in [0, 0.1) is 23.7 Å². The van der Waals surface area contributed by atoms with Crippen LogP contribution in [0.3, 0.4) is 0 Å². The van der Waals surface area contributed by atoms with E-state index in [1.54, 1.807) is 13.3 Å². The van der Waals surface area contributed by atoms with Gasteiger partial charge in [0.05, 0.1) is 29.1 Å². The number of hydrogen-bond donors (Lipinski definition) is 2. The van der Waals surface area contributed by atoms with Crippen LogP contribution in [0.15, 0.2) is 59.7 Å². The third-order valence-corrected chi connectivity index (χ3v) is 11.5. The molecule has 7 rings (SSSR count). The number of imidazole rings is 1. The highest BCUT2D eigenvalue weighted by atomic mass is 19.4. The molecular weight excluding hydrogens is 617 g/mol. The molecule has 2 aromatic heterocycles. The number of ether oxygens (including phenoxy) is 1. The SMILES string of the molecule is COCC1CC([C@H](c2cccc(-n3cc4c(C(F)(F)F)cc(CN5CCC[C@H](C)C5)cn4c3=O)c2)C2(C3CC=CCC3)NNCN2C)C1. The molecule has 4 heterocycles. The van der Waals surface area contributed by atoms with Gasteiger partial charge in [0.15, 0.2) is 0 Å². The Labute approximate surface area is 280 Å². The predicted octanol–water partition coefficient (Wildman–Crippen LogP) is 6.15. The maximum absolute atomic E-state index is 14.5. The molecule has 48 heavy (non-hydrogen) atoms. The maximum Gasteiger partial charge on any atom is 0.418 e. The lowest BCUT2D eigenvalue weighted by Crippen LogP contribution is -2.63. The monoisotopic (exact) mass is 666 g/mol. The van der Waals surface area contributed by atoms with E-state index in [1.165, 1.54) is 21.2 Å². The molecule has 260 valence electrons. The Bertz CT molecular complexity index is 1690. The average molecular weight is 667 g/mol. The zero-order valence-electron chi connectivity index (χ0n) is 28.3. The van der Waals surface area contributed by atoms with E-state index in [2.05, 4.69) is 52.8 Å². The third kappa shape index (κ3) is 6.17. The topological polar surface area (TPSA) is 66.2 Å². The van der Waals surface area contributed by atoms with Crippen LogP contribution >= 0.6 is 0 Å². The lowest BCUT2D eigenvalue weighted by Gasteiger charge is -2.54. The number of likely N-dealkylation sites (N-methyl/N-ethyl adjacent to an activating group) is 1. The summed E-state index contributed by atoms with van der Waals surface area (Å²) in [5.41, 5.74) is 7.59. The second-order valence-electron chi connectivity index (χ2n) is 14.9. The van der Waals surface area contributed by atoms with Gasteiger partial charge in [0.2, 0.25) is 0 Å². The van der Waals surface area contributed by atoms with E-state index >= 15 is 0 Å². The molecule has 4 atom stereocenters. The first-order valence-corrected chi connectivity index (χ1v) is 17.6. The number of likely N-dealkylation sites (tertiary alicyclic amines) is 1. The van der Waals surface area contributed by atoms with Crippen molar-refractivity contribution in [2.24, 2.45) is 23.7 Å². The van der Waals surface area contributed by atoms with Crippen LogP contribution < -0.4 is 16.5 Å². The fourth-order valence-electron chi connectivity index (χ4n) is 9.32. The van der Waals surface area contributed by atoms with Crippen molar-refractivity contribution in [2.75, 3.05) is 40.5 Å². The molecule has 2 saturated heterocycles. The van der Waals surface area contributed by atoms with Crippen LogP contribution in [0.25, 0.3) is 11.2 Å². The molecule has 1 saturated carbocycles. The summed E-state index contributed by atoms with van der Waals surface area (Å²) in [7, 11) is 3.92. The number of piperidine rings is 1. The largest absolute Gasteiger partial charge is 0.418 e. The van der Waals surface area contributed by atoms with Gasteiger partial charge in [-0.1, -0.05) is 31.2 Å². The molecular formula is C37H49F3N6O2. The van der Waals surface area contributed by atoms with Crippen molar-refractivity contribution in [2.45, 2.75) is 76.2 Å². The van der Waals surface area contributed by atoms with Crippen LogP contribution in [-0.4, -0.2) is 65.0 Å². The van der Waals surface area contributed by atoms with E-state index in [0.29, 0.717) is 48.1 Å². The van der Waals surface area contributed by atoms with Gasteiger partial charge in [-0.05, 0) is 112 Å². The molecule has 2 N–H and O–H groups in total. The molecule has 0 radical (unpaired) electrons. The first kappa shape index (κ1) is 33.5. The van der Waals surface area contributed by atoms with Crippen LogP contribution in [0.5, 0.6) is 0 Å². The van der Waals surface area contributed by atoms with Crippen molar-refractivity contribution in [1.82, 2.24) is 29.6 Å². The van der Waals surface area contributed by atoms with Crippen LogP contribution in [-0.2, 0) is 17.5 Å². The summed E-state index contributed by atoms with van der Waals surface area (Å²) >= 11 is 0. The Morgan fingerprint density at radius 1 is 1.12 bits per heavy atom. The zero-order chi connectivity index (χ0) is 33.6. The number of allylic oxidation sites excluding steroid dienone is 2. The number of benzene rings is 1. The first-order valence-electron chi connectivity index (χ1n) is 17.6. The summed E-state index contributed by atoms with van der Waals surface area (Å²) in [6, 6.07) is 9.18. The molecule has 4 aliphatic rings. The zero-order valence-corrected chi connectivity index (χ0v) is 28.3. The lowest BCUT2D eigenvalue weighted by atomic mass is 9.59. The van der Waals surface area contributed by atoms with Gasteiger partial charge >= 0.3 is 11.9 Å². The van der Waals surface area contributed by atoms with Crippen molar-refractivity contribution in [3.05, 3.63) is 82.1 Å². The smallest absolute Gasteiger partial charge is 0.384 e. The molecule has 0 amide bonds. The highest BCUT2D eigenvalue weighted by Crippen LogP contribution is 2.53. The molecule has 3 fully saturated rings. The Morgan fingerprint density at radius 3 is 2.65 bits per heavy atom. The van der Waals surface area contributed by atoms with Gasteiger partial charge in [0.25, 0.3) is 0 Å². The van der Waals surface area contributed by atoms with Crippen molar-refractivity contribution in [1.29, 1.82) is 0 Å². The molecule has 2 aliphatic heterocycles. The first-order chi connectivity index (χ1) is 23.1. The minimum absolute atomic E-state index is 0.0825. The number of hydrogen-bond acceptors (Lipinski definition) is 6. The van der Waals surface area contributed by atoms with E-state index in [9.17, 15) is 18.0 Å². The summed E-state index contributed by atoms with van der Waals surface area (Å²) in [5, 5.41) is 0. The van der Waals surface area contributed by atoms with Crippen molar-refractivity contribution < 1.29 is 17.9 Å². The second-order valence-corrected chi connectivity index (χ2v) is 14.9. The number of rotatable bonds is 9. The van der Waals surface area contributed by atoms with Gasteiger partial charge in [-0.3, -0.25) is 18.8 Å². The Morgan fingerprint density at radius 2 is 1.96 bits per heavy atom. The van der Waals surface area contributed by atoms with E-state index in [4.69, 9.17) is 4.74 Å². The number of aromatic nitrogens is 2. The van der Waals surface area contributed by atoms with Gasteiger partial charge in [0, 0.05) is 45.1 Å². The van der Waals surface area contributed by atoms with Gasteiger partial charge in [-0.25, -0.2) is 15.6 Å². The lowest BCUT2D eigenvalue weighted by molar-refractivity contribution is -0.136. The van der Waals surface area contributed by atoms with Gasteiger partial charge < -0.3 is 4.74 Å². The Balaban J connectivity index is 1.30. The Kier molecular flexibility index (Phi) is 9.36. The minimum Gasteiger partial charge on any atom is -0.384 e. The van der Waals surface area contributed by atoms with Crippen molar-refractivity contribution in [3.8, 4) is 5.69 Å². The average Bonchev–Trinajstić information content (AvgIpc) is 3.59. The predicted molar refractivity (Wildman–Crippen MR) is 181 cm³/mol. The summed E-state index contributed by atoms with van der Waals surface area (Å²) in [6.07, 6.45) is 10.2. The summed E-state index contributed by atoms with van der Waals surface area (Å²) < 4.78 is 51.7. The molecule has 0 bridgehead atoms. The van der Waals surface area contributed by atoms with Crippen molar-refractivity contribution in [3.63, 3.8) is 0 Å². The number of fused-ring (bicyclic) bond motifs is 1. The number of nitrogens with one attached hydrogen (secondary N) is 2. The van der Waals surface area contributed by atoms with Gasteiger partial charge in [-0.2, -0.15) is 13.2 Å². The minimum atomic E-state index is -4.60. The number of hydrazine groups is 1. The molecule has 1 aromatic carbocycles. The standard InChI is InChI=1S/C37H49F3N6O2/c1-25-9-8-14-44(19-25)20-27-17-32(37(38,39)40)33-22-45(35(47)46(33)21-27)31-13-7-10-28(18-31)34(29-15-26(16-29)23-48-3)36(42-41-24-43(36)2)30-11-5-4-6-12-30/h4-5,7,10,13,17-18,21-22,25-26,29-30,34,41-42H,6,8-9,11-12,14-16,19-20,23-24H2,1-3H3/t25-,26?,29?,30?,34-,36?/m0/s1. The molecule has 0 spiro atoms. The number of alkyl halides is 3. The Hall–Kier alpha value is -2.96. The van der Waals surface area contributed by atoms with Gasteiger partial charge in [-0.15, -0.1) is 0 Å². The second kappa shape index (κ2) is 13.4. The molecule has 2 unspecified atom stereocenters. The van der Waals surface area contributed by atoms with E-state index < -0.39 is 17.4 Å². The number of nitrogens with zero attached hydrogens (tertiary/aromatic N) is 4. The summed E-state index contributed by atoms with van der Waals surface area (Å²) in [6.45, 7) is 5.68. The molecule has 8 nitrogen and oxygen atoms in total. The van der Waals surface area contributed by atoms with E-state index in [1.807, 2.05) is 18.2 Å². The summed E-state index contributed by atoms with van der Waals surface area (Å²) in [5.74, 6) is 1.81. The van der Waals surface area contributed by atoms with Crippen molar-refractivity contribution >= 4 is 5.52 Å². The third-order valence-electron chi connectivity index (χ3n) is 11.5. The van der Waals surface area contributed by atoms with E-state index in [0.717, 1.165) is 70.2 Å². The fourth-order valence-corrected chi connectivity index (χ4v) is 9.32. The highest BCUT2D eigenvalue weighted by Gasteiger charge is 2.55. The van der Waals surface area contributed by atoms with Crippen LogP contribution in [0.2, 0.25) is 0 Å². The number of pyridine rings is 1. The van der Waals surface area contributed by atoms with Crippen LogP contribution in [0.1, 0.15) is 74.5 Å². The molecule has 11 heteroatoms. The maximum atomic E-state index is 14.5. The fraction of sp³-hybridized carbons (Fsp3) is 0.595. The van der Waals surface area contributed by atoms with Gasteiger partial charge in [0.1, 0.15) is 0 Å². The number of halogens is 3. The summed E-state index contributed by atoms with van der Waals surface area (Å²) in [4.78, 5) is 18.6. The number of methoxy groups -OCH3 is 1. The highest BCUT2D eigenvalue weighted by molar-refractivity contribution is 5.58. The normalized spacial score (nSPS) is 29.4.